The number of benzene rings is 1. The molecular formula is C13H17NO. The van der Waals surface area contributed by atoms with Crippen molar-refractivity contribution in [1.82, 2.24) is 0 Å². The van der Waals surface area contributed by atoms with Gasteiger partial charge in [-0.1, -0.05) is 37.1 Å². The molecule has 1 aromatic rings. The summed E-state index contributed by atoms with van der Waals surface area (Å²) in [7, 11) is 0. The zero-order chi connectivity index (χ0) is 10.9. The summed E-state index contributed by atoms with van der Waals surface area (Å²) in [6.45, 7) is 1.96. The van der Waals surface area contributed by atoms with Crippen LogP contribution in [0.3, 0.4) is 0 Å². The largest absolute Gasteiger partial charge is 0.319 e. The predicted molar refractivity (Wildman–Crippen MR) is 60.9 cm³/mol. The number of nitrogens with two attached hydrogens (primary N) is 1. The number of carbonyl (C=O) groups excluding carboxylic acids is 1. The van der Waals surface area contributed by atoms with Crippen LogP contribution in [0.5, 0.6) is 0 Å². The zero-order valence-corrected chi connectivity index (χ0v) is 9.12. The van der Waals surface area contributed by atoms with Gasteiger partial charge in [0.2, 0.25) is 0 Å². The van der Waals surface area contributed by atoms with Crippen molar-refractivity contribution in [3.05, 3.63) is 35.4 Å². The molecule has 0 amide bonds. The molecule has 0 spiro atoms. The lowest BCUT2D eigenvalue weighted by atomic mass is 9.87. The maximum absolute atomic E-state index is 12.3. The molecular weight excluding hydrogens is 186 g/mol. The summed E-state index contributed by atoms with van der Waals surface area (Å²) < 4.78 is 0. The Labute approximate surface area is 90.5 Å². The van der Waals surface area contributed by atoms with E-state index in [1.807, 2.05) is 31.2 Å². The minimum atomic E-state index is -0.591. The van der Waals surface area contributed by atoms with Crippen LogP contribution in [0, 0.1) is 6.92 Å². The molecule has 2 heteroatoms. The van der Waals surface area contributed by atoms with Crippen molar-refractivity contribution in [3.63, 3.8) is 0 Å². The molecule has 0 atom stereocenters. The lowest BCUT2D eigenvalue weighted by molar-refractivity contribution is 0.0891. The van der Waals surface area contributed by atoms with Gasteiger partial charge in [-0.05, 0) is 25.3 Å². The molecule has 1 aromatic carbocycles. The number of aryl methyl sites for hydroxylation is 1. The number of carbonyl (C=O) groups is 1. The van der Waals surface area contributed by atoms with Crippen molar-refractivity contribution in [1.29, 1.82) is 0 Å². The van der Waals surface area contributed by atoms with Crippen molar-refractivity contribution in [2.45, 2.75) is 38.1 Å². The van der Waals surface area contributed by atoms with E-state index >= 15 is 0 Å². The number of Topliss-reactive ketones (excluding diaryl/α,β-unsaturated/α-hetero) is 1. The van der Waals surface area contributed by atoms with E-state index in [0.717, 1.165) is 36.8 Å². The number of rotatable bonds is 2. The van der Waals surface area contributed by atoms with Gasteiger partial charge in [-0.25, -0.2) is 0 Å². The molecule has 0 heterocycles. The Kier molecular flexibility index (Phi) is 2.61. The van der Waals surface area contributed by atoms with Crippen molar-refractivity contribution < 1.29 is 4.79 Å². The minimum absolute atomic E-state index is 0.123. The van der Waals surface area contributed by atoms with Crippen LogP contribution >= 0.6 is 0 Å². The van der Waals surface area contributed by atoms with Gasteiger partial charge >= 0.3 is 0 Å². The SMILES string of the molecule is Cc1ccccc1C(=O)C1(N)CCCC1. The average Bonchev–Trinajstić information content (AvgIpc) is 2.66. The minimum Gasteiger partial charge on any atom is -0.319 e. The third-order valence-electron chi connectivity index (χ3n) is 3.34. The topological polar surface area (TPSA) is 43.1 Å². The van der Waals surface area contributed by atoms with E-state index in [0.29, 0.717) is 0 Å². The van der Waals surface area contributed by atoms with Gasteiger partial charge in [0.1, 0.15) is 0 Å². The first-order valence-electron chi connectivity index (χ1n) is 5.53. The Morgan fingerprint density at radius 1 is 1.27 bits per heavy atom. The molecule has 0 aromatic heterocycles. The smallest absolute Gasteiger partial charge is 0.182 e. The summed E-state index contributed by atoms with van der Waals surface area (Å²) in [5.74, 6) is 0.123. The first-order valence-corrected chi connectivity index (χ1v) is 5.53. The first kappa shape index (κ1) is 10.4. The Hall–Kier alpha value is -1.15. The Morgan fingerprint density at radius 2 is 1.87 bits per heavy atom. The molecule has 0 radical (unpaired) electrons. The van der Waals surface area contributed by atoms with E-state index in [9.17, 15) is 4.79 Å². The molecule has 0 bridgehead atoms. The van der Waals surface area contributed by atoms with Gasteiger partial charge in [0.15, 0.2) is 5.78 Å². The van der Waals surface area contributed by atoms with Gasteiger partial charge in [-0.15, -0.1) is 0 Å². The fourth-order valence-corrected chi connectivity index (χ4v) is 2.33. The Morgan fingerprint density at radius 3 is 2.47 bits per heavy atom. The summed E-state index contributed by atoms with van der Waals surface area (Å²) in [5.41, 5.74) is 7.38. The second-order valence-corrected chi connectivity index (χ2v) is 4.51. The zero-order valence-electron chi connectivity index (χ0n) is 9.12. The van der Waals surface area contributed by atoms with E-state index in [-0.39, 0.29) is 5.78 Å². The maximum Gasteiger partial charge on any atom is 0.182 e. The van der Waals surface area contributed by atoms with Crippen LogP contribution in [-0.2, 0) is 0 Å². The van der Waals surface area contributed by atoms with E-state index in [4.69, 9.17) is 5.73 Å². The highest BCUT2D eigenvalue weighted by molar-refractivity contribution is 6.04. The monoisotopic (exact) mass is 203 g/mol. The van der Waals surface area contributed by atoms with Gasteiger partial charge in [-0.2, -0.15) is 0 Å². The normalized spacial score (nSPS) is 19.1. The third kappa shape index (κ3) is 1.82. The average molecular weight is 203 g/mol. The summed E-state index contributed by atoms with van der Waals surface area (Å²) >= 11 is 0. The fourth-order valence-electron chi connectivity index (χ4n) is 2.33. The van der Waals surface area contributed by atoms with Crippen molar-refractivity contribution in [2.24, 2.45) is 5.73 Å². The Bertz CT molecular complexity index is 378. The second kappa shape index (κ2) is 3.78. The van der Waals surface area contributed by atoms with Crippen LogP contribution in [0.2, 0.25) is 0 Å². The van der Waals surface area contributed by atoms with Crippen LogP contribution in [0.15, 0.2) is 24.3 Å². The van der Waals surface area contributed by atoms with E-state index in [1.165, 1.54) is 0 Å². The number of hydrogen-bond acceptors (Lipinski definition) is 2. The molecule has 80 valence electrons. The molecule has 0 unspecified atom stereocenters. The van der Waals surface area contributed by atoms with Crippen LogP contribution in [-0.4, -0.2) is 11.3 Å². The predicted octanol–water partition coefficient (Wildman–Crippen LogP) is 2.45. The van der Waals surface area contributed by atoms with Crippen molar-refractivity contribution >= 4 is 5.78 Å². The molecule has 1 aliphatic carbocycles. The summed E-state index contributed by atoms with van der Waals surface area (Å²) in [4.78, 5) is 12.3. The lowest BCUT2D eigenvalue weighted by Gasteiger charge is -2.22. The van der Waals surface area contributed by atoms with Crippen LogP contribution in [0.25, 0.3) is 0 Å². The van der Waals surface area contributed by atoms with E-state index in [1.54, 1.807) is 0 Å². The molecule has 1 aliphatic rings. The second-order valence-electron chi connectivity index (χ2n) is 4.51. The lowest BCUT2D eigenvalue weighted by Crippen LogP contribution is -2.45. The highest BCUT2D eigenvalue weighted by Crippen LogP contribution is 2.31. The molecule has 2 N–H and O–H groups in total. The molecule has 1 fully saturated rings. The summed E-state index contributed by atoms with van der Waals surface area (Å²) in [6.07, 6.45) is 3.82. The van der Waals surface area contributed by atoms with E-state index < -0.39 is 5.54 Å². The van der Waals surface area contributed by atoms with Gasteiger partial charge < -0.3 is 5.73 Å². The number of ketones is 1. The van der Waals surface area contributed by atoms with E-state index in [2.05, 4.69) is 0 Å². The molecule has 0 aliphatic heterocycles. The molecule has 1 saturated carbocycles. The summed E-state index contributed by atoms with van der Waals surface area (Å²) in [6, 6.07) is 7.69. The maximum atomic E-state index is 12.3. The molecule has 0 saturated heterocycles. The first-order chi connectivity index (χ1) is 7.13. The highest BCUT2D eigenvalue weighted by atomic mass is 16.1. The highest BCUT2D eigenvalue weighted by Gasteiger charge is 2.37. The standard InChI is InChI=1S/C13H17NO/c1-10-6-2-3-7-11(10)12(15)13(14)8-4-5-9-13/h2-3,6-7H,4-5,8-9,14H2,1H3. The van der Waals surface area contributed by atoms with Gasteiger partial charge in [0.05, 0.1) is 5.54 Å². The van der Waals surface area contributed by atoms with Gasteiger partial charge in [-0.3, -0.25) is 4.79 Å². The molecule has 2 rings (SSSR count). The van der Waals surface area contributed by atoms with Crippen LogP contribution < -0.4 is 5.73 Å². The van der Waals surface area contributed by atoms with Crippen molar-refractivity contribution in [3.8, 4) is 0 Å². The van der Waals surface area contributed by atoms with Crippen LogP contribution in [0.4, 0.5) is 0 Å². The quantitative estimate of drug-likeness (QED) is 0.750. The van der Waals surface area contributed by atoms with Gasteiger partial charge in [0.25, 0.3) is 0 Å². The molecule has 2 nitrogen and oxygen atoms in total. The molecule has 15 heavy (non-hydrogen) atoms. The number of hydrogen-bond donors (Lipinski definition) is 1. The third-order valence-corrected chi connectivity index (χ3v) is 3.34. The fraction of sp³-hybridized carbons (Fsp3) is 0.462. The summed E-state index contributed by atoms with van der Waals surface area (Å²) in [5, 5.41) is 0. The Balaban J connectivity index is 2.32. The van der Waals surface area contributed by atoms with Crippen LogP contribution in [0.1, 0.15) is 41.6 Å². The van der Waals surface area contributed by atoms with Crippen molar-refractivity contribution in [2.75, 3.05) is 0 Å². The van der Waals surface area contributed by atoms with Gasteiger partial charge in [0, 0.05) is 5.56 Å².